The second kappa shape index (κ2) is 7.26. The molecule has 1 unspecified atom stereocenters. The van der Waals surface area contributed by atoms with Crippen molar-refractivity contribution in [2.45, 2.75) is 12.5 Å². The number of nitrogen functional groups attached to an aromatic ring is 1. The first-order valence-electron chi connectivity index (χ1n) is 10.00. The smallest absolute Gasteiger partial charge is 0.246 e. The van der Waals surface area contributed by atoms with Crippen LogP contribution in [0.5, 0.6) is 0 Å². The van der Waals surface area contributed by atoms with E-state index in [-0.39, 0.29) is 11.9 Å². The molecule has 7 nitrogen and oxygen atoms in total. The second-order valence-electron chi connectivity index (χ2n) is 7.54. The number of hydrogen-bond acceptors (Lipinski definition) is 5. The molecule has 0 bridgehead atoms. The van der Waals surface area contributed by atoms with Crippen LogP contribution in [-0.2, 0) is 4.79 Å². The van der Waals surface area contributed by atoms with E-state index in [9.17, 15) is 4.79 Å². The molecule has 1 aromatic carbocycles. The van der Waals surface area contributed by atoms with Gasteiger partial charge in [0.1, 0.15) is 23.5 Å². The summed E-state index contributed by atoms with van der Waals surface area (Å²) >= 11 is 0. The average Bonchev–Trinajstić information content (AvgIpc) is 3.41. The Labute approximate surface area is 179 Å². The molecule has 1 amide bonds. The molecule has 5 rings (SSSR count). The van der Waals surface area contributed by atoms with Gasteiger partial charge in [-0.3, -0.25) is 9.78 Å². The fraction of sp³-hybridized carbons (Fsp3) is 0.167. The standard InChI is InChI=1S/C24H20N6O/c1-3-19-21(16-11-15-7-5-6-8-18(15)26-12-16)22-23(25)27-14-28-24(22)30(19)17-9-10-29(13-17)20(31)4-2/h1,4-8,11-12,14,17H,2,9-10,13H2,(H2,25,27,28). The number of aromatic nitrogens is 4. The van der Waals surface area contributed by atoms with Crippen LogP contribution in [0.25, 0.3) is 33.1 Å². The Morgan fingerprint density at radius 1 is 1.29 bits per heavy atom. The molecular weight excluding hydrogens is 388 g/mol. The highest BCUT2D eigenvalue weighted by Gasteiger charge is 2.31. The molecule has 1 fully saturated rings. The molecule has 1 atom stereocenters. The summed E-state index contributed by atoms with van der Waals surface area (Å²) in [6.45, 7) is 4.75. The quantitative estimate of drug-likeness (QED) is 0.415. The fourth-order valence-corrected chi connectivity index (χ4v) is 4.42. The normalized spacial score (nSPS) is 16.0. The minimum Gasteiger partial charge on any atom is -0.383 e. The number of nitrogens with zero attached hydrogens (tertiary/aromatic N) is 5. The third kappa shape index (κ3) is 2.92. The van der Waals surface area contributed by atoms with Gasteiger partial charge >= 0.3 is 0 Å². The number of fused-ring (bicyclic) bond motifs is 2. The minimum atomic E-state index is -0.0886. The molecule has 7 heteroatoms. The van der Waals surface area contributed by atoms with E-state index in [0.29, 0.717) is 35.6 Å². The van der Waals surface area contributed by atoms with Crippen LogP contribution in [0.3, 0.4) is 0 Å². The number of rotatable bonds is 3. The Kier molecular flexibility index (Phi) is 4.41. The number of nitrogens with two attached hydrogens (primary N) is 1. The van der Waals surface area contributed by atoms with Crippen LogP contribution < -0.4 is 5.73 Å². The zero-order chi connectivity index (χ0) is 21.5. The van der Waals surface area contributed by atoms with Gasteiger partial charge in [0.05, 0.1) is 16.9 Å². The number of pyridine rings is 1. The first-order valence-corrected chi connectivity index (χ1v) is 10.00. The third-order valence-electron chi connectivity index (χ3n) is 5.84. The molecule has 0 spiro atoms. The van der Waals surface area contributed by atoms with Crippen LogP contribution in [0.2, 0.25) is 0 Å². The molecule has 1 saturated heterocycles. The van der Waals surface area contributed by atoms with Gasteiger partial charge in [-0.1, -0.05) is 30.7 Å². The molecule has 1 aliphatic heterocycles. The Morgan fingerprint density at radius 3 is 2.94 bits per heavy atom. The number of benzene rings is 1. The highest BCUT2D eigenvalue weighted by Crippen LogP contribution is 2.40. The van der Waals surface area contributed by atoms with E-state index in [1.807, 2.05) is 28.8 Å². The lowest BCUT2D eigenvalue weighted by atomic mass is 10.0. The molecule has 2 N–H and O–H groups in total. The summed E-state index contributed by atoms with van der Waals surface area (Å²) in [4.78, 5) is 27.2. The van der Waals surface area contributed by atoms with Crippen molar-refractivity contribution in [2.75, 3.05) is 18.8 Å². The Hall–Kier alpha value is -4.18. The first-order chi connectivity index (χ1) is 15.1. The third-order valence-corrected chi connectivity index (χ3v) is 5.84. The van der Waals surface area contributed by atoms with Crippen LogP contribution in [0.1, 0.15) is 18.2 Å². The number of amides is 1. The average molecular weight is 408 g/mol. The molecule has 0 aliphatic carbocycles. The maximum Gasteiger partial charge on any atom is 0.246 e. The van der Waals surface area contributed by atoms with E-state index in [0.717, 1.165) is 28.5 Å². The van der Waals surface area contributed by atoms with Crippen molar-refractivity contribution in [2.24, 2.45) is 0 Å². The van der Waals surface area contributed by atoms with Crippen LogP contribution in [0.15, 0.2) is 55.5 Å². The molecule has 0 saturated carbocycles. The van der Waals surface area contributed by atoms with Gasteiger partial charge in [-0.2, -0.15) is 0 Å². The summed E-state index contributed by atoms with van der Waals surface area (Å²) in [5, 5.41) is 1.71. The van der Waals surface area contributed by atoms with Crippen LogP contribution >= 0.6 is 0 Å². The van der Waals surface area contributed by atoms with E-state index in [4.69, 9.17) is 12.2 Å². The number of terminal acetylenes is 1. The van der Waals surface area contributed by atoms with Gasteiger partial charge in [0.25, 0.3) is 0 Å². The number of carbonyl (C=O) groups excluding carboxylic acids is 1. The molecule has 4 aromatic rings. The first kappa shape index (κ1) is 18.8. The SMILES string of the molecule is C#Cc1c(-c2cnc3ccccc3c2)c2c(N)ncnc2n1C1CCN(C(=O)C=C)C1. The summed E-state index contributed by atoms with van der Waals surface area (Å²) in [5.41, 5.74) is 10.2. The number of carbonyl (C=O) groups is 1. The van der Waals surface area contributed by atoms with E-state index >= 15 is 0 Å². The van der Waals surface area contributed by atoms with Gasteiger partial charge in [-0.25, -0.2) is 9.97 Å². The van der Waals surface area contributed by atoms with Crippen molar-refractivity contribution in [3.8, 4) is 23.5 Å². The number of likely N-dealkylation sites (tertiary alicyclic amines) is 1. The summed E-state index contributed by atoms with van der Waals surface area (Å²) in [6, 6.07) is 9.93. The molecule has 31 heavy (non-hydrogen) atoms. The number of anilines is 1. The second-order valence-corrected chi connectivity index (χ2v) is 7.54. The highest BCUT2D eigenvalue weighted by molar-refractivity contribution is 6.04. The lowest BCUT2D eigenvalue weighted by Gasteiger charge is -2.17. The van der Waals surface area contributed by atoms with Gasteiger partial charge < -0.3 is 15.2 Å². The van der Waals surface area contributed by atoms with E-state index in [2.05, 4.69) is 33.5 Å². The van der Waals surface area contributed by atoms with E-state index in [1.165, 1.54) is 12.4 Å². The Morgan fingerprint density at radius 2 is 2.13 bits per heavy atom. The van der Waals surface area contributed by atoms with Crippen molar-refractivity contribution >= 4 is 33.7 Å². The number of para-hydroxylation sites is 1. The van der Waals surface area contributed by atoms with Crippen LogP contribution in [0.4, 0.5) is 5.82 Å². The lowest BCUT2D eigenvalue weighted by Crippen LogP contribution is -2.27. The zero-order valence-electron chi connectivity index (χ0n) is 16.8. The largest absolute Gasteiger partial charge is 0.383 e. The maximum atomic E-state index is 12.1. The van der Waals surface area contributed by atoms with E-state index < -0.39 is 0 Å². The highest BCUT2D eigenvalue weighted by atomic mass is 16.2. The zero-order valence-corrected chi connectivity index (χ0v) is 16.8. The summed E-state index contributed by atoms with van der Waals surface area (Å²) < 4.78 is 2.02. The van der Waals surface area contributed by atoms with Crippen molar-refractivity contribution in [3.05, 3.63) is 61.2 Å². The van der Waals surface area contributed by atoms with Gasteiger partial charge in [-0.15, -0.1) is 6.42 Å². The van der Waals surface area contributed by atoms with Crippen molar-refractivity contribution in [1.82, 2.24) is 24.4 Å². The summed E-state index contributed by atoms with van der Waals surface area (Å²) in [5.74, 6) is 3.12. The van der Waals surface area contributed by atoms with E-state index in [1.54, 1.807) is 11.1 Å². The molecular formula is C24H20N6O. The van der Waals surface area contributed by atoms with Gasteiger partial charge in [0.2, 0.25) is 5.91 Å². The minimum absolute atomic E-state index is 0.0195. The summed E-state index contributed by atoms with van der Waals surface area (Å²) in [7, 11) is 0. The molecule has 0 radical (unpaired) electrons. The predicted molar refractivity (Wildman–Crippen MR) is 121 cm³/mol. The molecule has 3 aromatic heterocycles. The summed E-state index contributed by atoms with van der Waals surface area (Å²) in [6.07, 6.45) is 11.4. The van der Waals surface area contributed by atoms with Crippen molar-refractivity contribution < 1.29 is 4.79 Å². The van der Waals surface area contributed by atoms with Crippen LogP contribution in [-0.4, -0.2) is 43.4 Å². The molecule has 4 heterocycles. The number of hydrogen-bond donors (Lipinski definition) is 1. The van der Waals surface area contributed by atoms with Crippen LogP contribution in [0, 0.1) is 12.3 Å². The van der Waals surface area contributed by atoms with Gasteiger partial charge in [-0.05, 0) is 24.6 Å². The fourth-order valence-electron chi connectivity index (χ4n) is 4.42. The van der Waals surface area contributed by atoms with Crippen molar-refractivity contribution in [3.63, 3.8) is 0 Å². The molecule has 152 valence electrons. The topological polar surface area (TPSA) is 89.9 Å². The molecule has 1 aliphatic rings. The predicted octanol–water partition coefficient (Wildman–Crippen LogP) is 3.17. The Bertz CT molecular complexity index is 1400. The van der Waals surface area contributed by atoms with Crippen molar-refractivity contribution in [1.29, 1.82) is 0 Å². The monoisotopic (exact) mass is 408 g/mol. The lowest BCUT2D eigenvalue weighted by molar-refractivity contribution is -0.125. The maximum absolute atomic E-state index is 12.1. The van der Waals surface area contributed by atoms with Gasteiger partial charge in [0.15, 0.2) is 0 Å². The Balaban J connectivity index is 1.75. The van der Waals surface area contributed by atoms with Gasteiger partial charge in [0, 0.05) is 35.8 Å².